The van der Waals surface area contributed by atoms with Crippen molar-refractivity contribution in [1.29, 1.82) is 0 Å². The molecule has 0 amide bonds. The van der Waals surface area contributed by atoms with Gasteiger partial charge in [0, 0.05) is 11.3 Å². The third kappa shape index (κ3) is 3.01. The number of pyridine rings is 1. The second-order valence-corrected chi connectivity index (χ2v) is 6.59. The molecule has 0 N–H and O–H groups in total. The molecule has 3 nitrogen and oxygen atoms in total. The number of benzene rings is 3. The molecule has 4 rings (SSSR count). The fraction of sp³-hybridized carbons (Fsp3) is 0.0800. The maximum atomic E-state index is 13.6. The van der Waals surface area contributed by atoms with E-state index in [0.29, 0.717) is 23.2 Å². The Morgan fingerprint density at radius 1 is 0.750 bits per heavy atom. The molecular weight excluding hydrogens is 346 g/mol. The van der Waals surface area contributed by atoms with E-state index in [0.717, 1.165) is 11.3 Å². The summed E-state index contributed by atoms with van der Waals surface area (Å²) < 4.78 is 1.68. The molecule has 3 aromatic carbocycles. The maximum absolute atomic E-state index is 13.6. The van der Waals surface area contributed by atoms with Crippen LogP contribution in [0.15, 0.2) is 95.8 Å². The number of nitrogens with zero attached hydrogens (tertiary/aromatic N) is 1. The fourth-order valence-corrected chi connectivity index (χ4v) is 3.61. The van der Waals surface area contributed by atoms with Crippen LogP contribution in [0.4, 0.5) is 0 Å². The van der Waals surface area contributed by atoms with Crippen molar-refractivity contribution in [3.05, 3.63) is 107 Å². The minimum Gasteiger partial charge on any atom is -0.872 e. The summed E-state index contributed by atoms with van der Waals surface area (Å²) in [5, 5.41) is 13.4. The second-order valence-electron chi connectivity index (χ2n) is 6.59. The first-order chi connectivity index (χ1) is 13.7. The number of aromatic nitrogens is 1. The summed E-state index contributed by atoms with van der Waals surface area (Å²) in [4.78, 5) is 13.6. The molecule has 0 aliphatic carbocycles. The van der Waals surface area contributed by atoms with Gasteiger partial charge in [0.15, 0.2) is 0 Å². The average molecular weight is 366 g/mol. The van der Waals surface area contributed by atoms with Gasteiger partial charge in [-0.2, -0.15) is 0 Å². The van der Waals surface area contributed by atoms with Crippen LogP contribution in [0, 0.1) is 0 Å². The van der Waals surface area contributed by atoms with E-state index in [1.54, 1.807) is 4.57 Å². The summed E-state index contributed by atoms with van der Waals surface area (Å²) in [6, 6.07) is 28.3. The van der Waals surface area contributed by atoms with E-state index in [4.69, 9.17) is 0 Å². The Hall–Kier alpha value is -3.59. The van der Waals surface area contributed by atoms with Gasteiger partial charge in [0.2, 0.25) is 0 Å². The molecule has 0 saturated carbocycles. The van der Waals surface area contributed by atoms with Crippen molar-refractivity contribution in [2.45, 2.75) is 13.3 Å². The lowest BCUT2D eigenvalue weighted by Gasteiger charge is -2.26. The van der Waals surface area contributed by atoms with Crippen molar-refractivity contribution in [2.75, 3.05) is 0 Å². The normalized spacial score (nSPS) is 10.8. The summed E-state index contributed by atoms with van der Waals surface area (Å²) in [5.74, 6) is -0.190. The lowest BCUT2D eigenvalue weighted by molar-refractivity contribution is -0.268. The van der Waals surface area contributed by atoms with Crippen molar-refractivity contribution in [3.63, 3.8) is 0 Å². The first kappa shape index (κ1) is 17.8. The van der Waals surface area contributed by atoms with Gasteiger partial charge in [-0.1, -0.05) is 91.5 Å². The van der Waals surface area contributed by atoms with Crippen molar-refractivity contribution in [3.8, 4) is 33.8 Å². The molecule has 0 unspecified atom stereocenters. The van der Waals surface area contributed by atoms with Crippen LogP contribution in [0.1, 0.15) is 12.5 Å². The molecule has 0 atom stereocenters. The average Bonchev–Trinajstić information content (AvgIpc) is 2.75. The van der Waals surface area contributed by atoms with E-state index in [-0.39, 0.29) is 16.9 Å². The quantitative estimate of drug-likeness (QED) is 0.520. The minimum atomic E-state index is -0.293. The Morgan fingerprint density at radius 3 is 1.79 bits per heavy atom. The van der Waals surface area contributed by atoms with Crippen LogP contribution in [0.5, 0.6) is 5.75 Å². The summed E-state index contributed by atoms with van der Waals surface area (Å²) >= 11 is 0. The van der Waals surface area contributed by atoms with E-state index in [9.17, 15) is 9.90 Å². The molecule has 0 radical (unpaired) electrons. The highest BCUT2D eigenvalue weighted by Crippen LogP contribution is 2.35. The lowest BCUT2D eigenvalue weighted by Crippen LogP contribution is -2.25. The Balaban J connectivity index is 2.17. The summed E-state index contributed by atoms with van der Waals surface area (Å²) in [6.45, 7) is 1.96. The lowest BCUT2D eigenvalue weighted by atomic mass is 9.96. The second kappa shape index (κ2) is 7.57. The van der Waals surface area contributed by atoms with Crippen LogP contribution >= 0.6 is 0 Å². The van der Waals surface area contributed by atoms with Crippen LogP contribution in [0.3, 0.4) is 0 Å². The van der Waals surface area contributed by atoms with Gasteiger partial charge in [0.1, 0.15) is 0 Å². The molecule has 1 heterocycles. The van der Waals surface area contributed by atoms with E-state index < -0.39 is 0 Å². The molecule has 0 fully saturated rings. The summed E-state index contributed by atoms with van der Waals surface area (Å²) in [5.41, 5.74) is 3.50. The number of rotatable bonds is 4. The van der Waals surface area contributed by atoms with E-state index >= 15 is 0 Å². The van der Waals surface area contributed by atoms with Crippen LogP contribution in [-0.4, -0.2) is 4.57 Å². The van der Waals surface area contributed by atoms with Crippen molar-refractivity contribution in [2.24, 2.45) is 0 Å². The molecular formula is C25H20NO2-. The van der Waals surface area contributed by atoms with Crippen LogP contribution < -0.4 is 10.7 Å². The molecule has 138 valence electrons. The van der Waals surface area contributed by atoms with Crippen molar-refractivity contribution < 1.29 is 5.11 Å². The largest absolute Gasteiger partial charge is 0.872 e. The first-order valence-electron chi connectivity index (χ1n) is 9.37. The van der Waals surface area contributed by atoms with E-state index in [1.165, 1.54) is 0 Å². The highest BCUT2D eigenvalue weighted by atomic mass is 16.3. The van der Waals surface area contributed by atoms with Crippen molar-refractivity contribution >= 4 is 0 Å². The molecule has 4 aromatic rings. The Bertz CT molecular complexity index is 1150. The van der Waals surface area contributed by atoms with Gasteiger partial charge in [-0.05, 0) is 35.2 Å². The van der Waals surface area contributed by atoms with Gasteiger partial charge < -0.3 is 5.11 Å². The van der Waals surface area contributed by atoms with Gasteiger partial charge in [-0.3, -0.25) is 9.36 Å². The van der Waals surface area contributed by atoms with Gasteiger partial charge in [0.05, 0.1) is 5.69 Å². The minimum absolute atomic E-state index is 0.190. The Morgan fingerprint density at radius 2 is 1.25 bits per heavy atom. The molecule has 28 heavy (non-hydrogen) atoms. The molecule has 0 aliphatic heterocycles. The predicted octanol–water partition coefficient (Wildman–Crippen LogP) is 4.81. The number of hydrogen-bond acceptors (Lipinski definition) is 2. The van der Waals surface area contributed by atoms with Gasteiger partial charge in [-0.25, -0.2) is 0 Å². The smallest absolute Gasteiger partial charge is 0.262 e. The zero-order valence-electron chi connectivity index (χ0n) is 15.6. The molecule has 0 spiro atoms. The van der Waals surface area contributed by atoms with Gasteiger partial charge >= 0.3 is 0 Å². The number of hydrogen-bond donors (Lipinski definition) is 0. The monoisotopic (exact) mass is 366 g/mol. The summed E-state index contributed by atoms with van der Waals surface area (Å²) in [7, 11) is 0. The van der Waals surface area contributed by atoms with Gasteiger partial charge in [-0.15, -0.1) is 0 Å². The highest BCUT2D eigenvalue weighted by molar-refractivity contribution is 5.78. The highest BCUT2D eigenvalue weighted by Gasteiger charge is 2.19. The third-order valence-corrected chi connectivity index (χ3v) is 4.91. The van der Waals surface area contributed by atoms with E-state index in [2.05, 4.69) is 0 Å². The van der Waals surface area contributed by atoms with Crippen LogP contribution in [0.25, 0.3) is 28.1 Å². The molecule has 0 bridgehead atoms. The standard InChI is InChI=1S/C25H21NO2/c1-2-21-23(19-14-8-4-9-15-19)26(20-16-10-5-11-17-20)25(28)22(24(21)27)18-12-6-3-7-13-18/h3-17,27H,2H2,1H3/p-1. The third-order valence-electron chi connectivity index (χ3n) is 4.91. The topological polar surface area (TPSA) is 45.1 Å². The molecule has 1 aromatic heterocycles. The molecule has 3 heteroatoms. The van der Waals surface area contributed by atoms with Crippen LogP contribution in [-0.2, 0) is 6.42 Å². The van der Waals surface area contributed by atoms with Crippen molar-refractivity contribution in [1.82, 2.24) is 4.57 Å². The predicted molar refractivity (Wildman–Crippen MR) is 112 cm³/mol. The molecule has 0 aliphatic rings. The maximum Gasteiger partial charge on any atom is 0.262 e. The van der Waals surface area contributed by atoms with Gasteiger partial charge in [0.25, 0.3) is 5.56 Å². The Labute approximate surface area is 164 Å². The summed E-state index contributed by atoms with van der Waals surface area (Å²) in [6.07, 6.45) is 0.538. The van der Waals surface area contributed by atoms with E-state index in [1.807, 2.05) is 97.9 Å². The SMILES string of the molecule is CCc1c([O-])c(-c2ccccc2)c(=O)n(-c2ccccc2)c1-c1ccccc1. The number of para-hydroxylation sites is 1. The molecule has 0 saturated heterocycles. The Kier molecular flexibility index (Phi) is 4.81. The van der Waals surface area contributed by atoms with Crippen LogP contribution in [0.2, 0.25) is 0 Å². The first-order valence-corrected chi connectivity index (χ1v) is 9.37. The fourth-order valence-electron chi connectivity index (χ4n) is 3.61. The zero-order chi connectivity index (χ0) is 19.5. The zero-order valence-corrected chi connectivity index (χ0v) is 15.6.